The van der Waals surface area contributed by atoms with Crippen molar-refractivity contribution in [3.05, 3.63) is 0 Å². The van der Waals surface area contributed by atoms with Crippen LogP contribution in [0, 0.1) is 17.3 Å². The van der Waals surface area contributed by atoms with Crippen molar-refractivity contribution in [2.45, 2.75) is 46.3 Å². The molecule has 0 spiro atoms. The quantitative estimate of drug-likeness (QED) is 0.457. The fourth-order valence-corrected chi connectivity index (χ4v) is 3.14. The molecule has 1 saturated heterocycles. The van der Waals surface area contributed by atoms with E-state index in [4.69, 9.17) is 4.43 Å². The zero-order valence-corrected chi connectivity index (χ0v) is 14.5. The second kappa shape index (κ2) is 6.71. The highest BCUT2D eigenvalue weighted by Crippen LogP contribution is 2.38. The van der Waals surface area contributed by atoms with Crippen LogP contribution in [0.3, 0.4) is 0 Å². The van der Waals surface area contributed by atoms with E-state index in [-0.39, 0.29) is 41.6 Å². The van der Waals surface area contributed by atoms with Crippen molar-refractivity contribution in [3.8, 4) is 0 Å². The maximum atomic E-state index is 11.9. The summed E-state index contributed by atoms with van der Waals surface area (Å²) in [5, 5.41) is 2.81. The molecular weight excluding hydrogens is 274 g/mol. The van der Waals surface area contributed by atoms with Gasteiger partial charge in [0.15, 0.2) is 9.04 Å². The van der Waals surface area contributed by atoms with Crippen LogP contribution < -0.4 is 5.32 Å². The summed E-state index contributed by atoms with van der Waals surface area (Å²) in [6.07, 6.45) is 0.235. The van der Waals surface area contributed by atoms with E-state index in [1.165, 1.54) is 7.11 Å². The van der Waals surface area contributed by atoms with Crippen molar-refractivity contribution in [1.29, 1.82) is 0 Å². The maximum absolute atomic E-state index is 11.9. The first-order valence-corrected chi connectivity index (χ1v) is 9.93. The van der Waals surface area contributed by atoms with E-state index < -0.39 is 9.04 Å². The number of rotatable bonds is 6. The summed E-state index contributed by atoms with van der Waals surface area (Å²) in [5.41, 5.74) is -0.0416. The van der Waals surface area contributed by atoms with Gasteiger partial charge in [0.2, 0.25) is 5.91 Å². The largest absolute Gasteiger partial charge is 0.469 e. The lowest BCUT2D eigenvalue weighted by molar-refractivity contribution is -0.149. The van der Waals surface area contributed by atoms with Gasteiger partial charge < -0.3 is 14.5 Å². The molecule has 20 heavy (non-hydrogen) atoms. The third kappa shape index (κ3) is 4.31. The molecule has 3 atom stereocenters. The summed E-state index contributed by atoms with van der Waals surface area (Å²) in [7, 11) is 0.242. The third-order valence-electron chi connectivity index (χ3n) is 3.83. The molecule has 0 aromatic carbocycles. The number of ether oxygens (including phenoxy) is 1. The lowest BCUT2D eigenvalue weighted by Gasteiger charge is -2.46. The highest BCUT2D eigenvalue weighted by molar-refractivity contribution is 6.48. The van der Waals surface area contributed by atoms with E-state index in [9.17, 15) is 9.59 Å². The van der Waals surface area contributed by atoms with Crippen LogP contribution in [0.2, 0.25) is 13.1 Å². The molecule has 6 heteroatoms. The molecule has 1 aliphatic heterocycles. The average molecular weight is 301 g/mol. The molecule has 1 N–H and O–H groups in total. The van der Waals surface area contributed by atoms with E-state index in [2.05, 4.69) is 43.9 Å². The summed E-state index contributed by atoms with van der Waals surface area (Å²) < 4.78 is 10.5. The number of β-lactam (4-membered cyclic amide) rings is 1. The molecule has 0 aliphatic carbocycles. The number of carbonyl (C=O) groups is 2. The molecule has 1 aliphatic rings. The fraction of sp³-hybridized carbons (Fsp3) is 0.857. The van der Waals surface area contributed by atoms with E-state index in [1.807, 2.05) is 0 Å². The van der Waals surface area contributed by atoms with Gasteiger partial charge in [0.1, 0.15) is 0 Å². The molecule has 0 aromatic heterocycles. The smallest absolute Gasteiger partial charge is 0.307 e. The fourth-order valence-electron chi connectivity index (χ4n) is 2.55. The van der Waals surface area contributed by atoms with Gasteiger partial charge in [-0.05, 0) is 24.4 Å². The predicted molar refractivity (Wildman–Crippen MR) is 79.8 cm³/mol. The van der Waals surface area contributed by atoms with E-state index in [1.54, 1.807) is 0 Å². The predicted octanol–water partition coefficient (Wildman–Crippen LogP) is 1.33. The molecular formula is C14H27NO4Si. The monoisotopic (exact) mass is 301 g/mol. The van der Waals surface area contributed by atoms with Crippen molar-refractivity contribution in [1.82, 2.24) is 5.32 Å². The molecule has 1 fully saturated rings. The number of hydrogen-bond acceptors (Lipinski definition) is 4. The Morgan fingerprint density at radius 3 is 2.40 bits per heavy atom. The maximum Gasteiger partial charge on any atom is 0.307 e. The van der Waals surface area contributed by atoms with Gasteiger partial charge in [0, 0.05) is 6.61 Å². The first-order valence-electron chi connectivity index (χ1n) is 7.15. The standard InChI is InChI=1S/C14H27NO4Si/c1-14(2,3)9(8-19-20(5)6)12-10(15-13(12)17)7-11(16)18-4/h9-10,12,20H,7-8H2,1-6H3,(H,15,17)/t9-,10-,12+/m1/s1. The van der Waals surface area contributed by atoms with Crippen molar-refractivity contribution in [2.24, 2.45) is 17.3 Å². The number of esters is 1. The van der Waals surface area contributed by atoms with Crippen molar-refractivity contribution in [2.75, 3.05) is 13.7 Å². The minimum atomic E-state index is -1.13. The zero-order chi connectivity index (χ0) is 15.5. The molecule has 0 radical (unpaired) electrons. The van der Waals surface area contributed by atoms with Gasteiger partial charge in [-0.2, -0.15) is 0 Å². The Hall–Kier alpha value is -0.883. The minimum Gasteiger partial charge on any atom is -0.469 e. The van der Waals surface area contributed by atoms with Crippen molar-refractivity contribution in [3.63, 3.8) is 0 Å². The van der Waals surface area contributed by atoms with Gasteiger partial charge >= 0.3 is 5.97 Å². The second-order valence-corrected chi connectivity index (χ2v) is 9.21. The van der Waals surface area contributed by atoms with Crippen LogP contribution in [-0.4, -0.2) is 40.7 Å². The Kier molecular flexibility index (Phi) is 5.76. The zero-order valence-electron chi connectivity index (χ0n) is 13.4. The molecule has 0 unspecified atom stereocenters. The lowest BCUT2D eigenvalue weighted by atomic mass is 9.67. The SMILES string of the molecule is COC(=O)C[C@H]1NC(=O)[C@H]1[C@@H](CO[SiH](C)C)C(C)(C)C. The first kappa shape index (κ1) is 17.2. The molecule has 1 rings (SSSR count). The molecule has 0 aromatic rings. The number of nitrogens with one attached hydrogen (secondary N) is 1. The Morgan fingerprint density at radius 1 is 1.40 bits per heavy atom. The first-order chi connectivity index (χ1) is 9.16. The van der Waals surface area contributed by atoms with E-state index >= 15 is 0 Å². The topological polar surface area (TPSA) is 64.6 Å². The summed E-state index contributed by atoms with van der Waals surface area (Å²) in [4.78, 5) is 23.3. The highest BCUT2D eigenvalue weighted by Gasteiger charge is 2.49. The minimum absolute atomic E-state index is 0.0212. The Bertz CT molecular complexity index is 365. The Labute approximate surface area is 123 Å². The molecule has 0 bridgehead atoms. The van der Waals surface area contributed by atoms with Gasteiger partial charge in [-0.1, -0.05) is 20.8 Å². The summed E-state index contributed by atoms with van der Waals surface area (Å²) >= 11 is 0. The van der Waals surface area contributed by atoms with Gasteiger partial charge in [-0.3, -0.25) is 9.59 Å². The van der Waals surface area contributed by atoms with Crippen LogP contribution in [-0.2, 0) is 18.8 Å². The Morgan fingerprint density at radius 2 is 2.00 bits per heavy atom. The normalized spacial score (nSPS) is 24.1. The van der Waals surface area contributed by atoms with Gasteiger partial charge in [-0.15, -0.1) is 0 Å². The number of hydrogen-bond donors (Lipinski definition) is 1. The average Bonchev–Trinajstić information content (AvgIpc) is 2.31. The molecule has 116 valence electrons. The molecule has 0 saturated carbocycles. The Balaban J connectivity index is 2.77. The van der Waals surface area contributed by atoms with E-state index in [0.717, 1.165) is 0 Å². The highest BCUT2D eigenvalue weighted by atomic mass is 28.3. The number of carbonyl (C=O) groups excluding carboxylic acids is 2. The molecule has 5 nitrogen and oxygen atoms in total. The van der Waals surface area contributed by atoms with Crippen LogP contribution in [0.15, 0.2) is 0 Å². The van der Waals surface area contributed by atoms with Gasteiger partial charge in [-0.25, -0.2) is 0 Å². The lowest BCUT2D eigenvalue weighted by Crippen LogP contribution is -2.63. The van der Waals surface area contributed by atoms with Crippen molar-refractivity contribution >= 4 is 20.9 Å². The number of amides is 1. The summed E-state index contributed by atoms with van der Waals surface area (Å²) in [5.74, 6) is -0.317. The van der Waals surface area contributed by atoms with Crippen molar-refractivity contribution < 1.29 is 18.8 Å². The van der Waals surface area contributed by atoms with Crippen LogP contribution in [0.25, 0.3) is 0 Å². The van der Waals surface area contributed by atoms with Crippen LogP contribution in [0.5, 0.6) is 0 Å². The third-order valence-corrected chi connectivity index (χ3v) is 4.69. The second-order valence-electron chi connectivity index (χ2n) is 6.78. The molecule has 1 heterocycles. The van der Waals surface area contributed by atoms with Gasteiger partial charge in [0.25, 0.3) is 0 Å². The van der Waals surface area contributed by atoms with Gasteiger partial charge in [0.05, 0.1) is 25.5 Å². The number of methoxy groups -OCH3 is 1. The van der Waals surface area contributed by atoms with Crippen LogP contribution >= 0.6 is 0 Å². The summed E-state index contributed by atoms with van der Waals surface area (Å²) in [6.45, 7) is 11.2. The summed E-state index contributed by atoms with van der Waals surface area (Å²) in [6, 6.07) is -0.128. The van der Waals surface area contributed by atoms with Crippen LogP contribution in [0.1, 0.15) is 27.2 Å². The van der Waals surface area contributed by atoms with Crippen LogP contribution in [0.4, 0.5) is 0 Å². The van der Waals surface area contributed by atoms with E-state index in [0.29, 0.717) is 6.61 Å². The molecule has 1 amide bonds.